The summed E-state index contributed by atoms with van der Waals surface area (Å²) in [6.45, 7) is 0.992. The summed E-state index contributed by atoms with van der Waals surface area (Å²) in [6, 6.07) is 14.4. The van der Waals surface area contributed by atoms with Crippen LogP contribution in [0, 0.1) is 0 Å². The number of ether oxygens (including phenoxy) is 1. The topological polar surface area (TPSA) is 76.4 Å². The molecule has 2 amide bonds. The van der Waals surface area contributed by atoms with Gasteiger partial charge in [-0.05, 0) is 35.4 Å². The van der Waals surface area contributed by atoms with Crippen molar-refractivity contribution in [1.29, 1.82) is 0 Å². The highest BCUT2D eigenvalue weighted by atomic mass is 35.5. The maximum atomic E-state index is 11.7. The van der Waals surface area contributed by atoms with Gasteiger partial charge in [0.15, 0.2) is 6.73 Å². The zero-order valence-electron chi connectivity index (χ0n) is 12.0. The van der Waals surface area contributed by atoms with Crippen LogP contribution in [0.3, 0.4) is 0 Å². The monoisotopic (exact) mass is 319 g/mol. The second-order valence-electron chi connectivity index (χ2n) is 4.63. The number of amides is 2. The first-order valence-corrected chi connectivity index (χ1v) is 7.23. The number of urea groups is 1. The van der Waals surface area contributed by atoms with Gasteiger partial charge in [0, 0.05) is 18.1 Å². The fraction of sp³-hybridized carbons (Fsp3) is 0.188. The van der Waals surface area contributed by atoms with Gasteiger partial charge in [0.25, 0.3) is 0 Å². The van der Waals surface area contributed by atoms with Gasteiger partial charge in [-0.25, -0.2) is 4.79 Å². The summed E-state index contributed by atoms with van der Waals surface area (Å²) in [5, 5.41) is 6.01. The molecule has 0 fully saturated rings. The molecule has 5 nitrogen and oxygen atoms in total. The summed E-state index contributed by atoms with van der Waals surface area (Å²) in [7, 11) is 0. The fourth-order valence-corrected chi connectivity index (χ4v) is 1.95. The normalized spacial score (nSPS) is 10.1. The Bertz CT molecular complexity index is 617. The van der Waals surface area contributed by atoms with E-state index in [1.165, 1.54) is 0 Å². The molecule has 2 aromatic carbocycles. The van der Waals surface area contributed by atoms with Crippen molar-refractivity contribution in [3.05, 3.63) is 64.7 Å². The summed E-state index contributed by atoms with van der Waals surface area (Å²) in [4.78, 5) is 11.7. The van der Waals surface area contributed by atoms with Crippen molar-refractivity contribution >= 4 is 17.6 Å². The van der Waals surface area contributed by atoms with Crippen LogP contribution < -0.4 is 21.1 Å². The zero-order valence-corrected chi connectivity index (χ0v) is 12.8. The molecule has 0 aliphatic rings. The van der Waals surface area contributed by atoms with E-state index in [1.807, 2.05) is 24.3 Å². The highest BCUT2D eigenvalue weighted by Gasteiger charge is 2.01. The van der Waals surface area contributed by atoms with Crippen LogP contribution in [0.25, 0.3) is 0 Å². The van der Waals surface area contributed by atoms with Gasteiger partial charge < -0.3 is 21.1 Å². The first-order chi connectivity index (χ1) is 10.7. The van der Waals surface area contributed by atoms with Crippen LogP contribution in [0.15, 0.2) is 48.5 Å². The van der Waals surface area contributed by atoms with E-state index in [-0.39, 0.29) is 12.8 Å². The number of nitrogens with two attached hydrogens (primary N) is 1. The van der Waals surface area contributed by atoms with Crippen molar-refractivity contribution in [2.24, 2.45) is 5.73 Å². The predicted octanol–water partition coefficient (Wildman–Crippen LogP) is 2.63. The van der Waals surface area contributed by atoms with Gasteiger partial charge in [0.2, 0.25) is 0 Å². The molecule has 0 saturated heterocycles. The van der Waals surface area contributed by atoms with Crippen LogP contribution in [0.5, 0.6) is 5.75 Å². The van der Waals surface area contributed by atoms with Gasteiger partial charge >= 0.3 is 6.03 Å². The molecular weight excluding hydrogens is 302 g/mol. The van der Waals surface area contributed by atoms with Gasteiger partial charge in [0.05, 0.1) is 0 Å². The standard InChI is InChI=1S/C16H18ClN3O2/c17-14-4-6-15(7-5-14)22-11-20-16(21)19-10-13-3-1-2-12(8-13)9-18/h1-8H,9-11,18H2,(H2,19,20,21). The minimum atomic E-state index is -0.299. The lowest BCUT2D eigenvalue weighted by molar-refractivity contribution is 0.223. The van der Waals surface area contributed by atoms with Crippen LogP contribution >= 0.6 is 11.6 Å². The first-order valence-electron chi connectivity index (χ1n) is 6.85. The third-order valence-electron chi connectivity index (χ3n) is 2.97. The number of nitrogens with one attached hydrogen (secondary N) is 2. The molecule has 4 N–H and O–H groups in total. The molecule has 6 heteroatoms. The summed E-state index contributed by atoms with van der Waals surface area (Å²) in [5.41, 5.74) is 7.61. The highest BCUT2D eigenvalue weighted by molar-refractivity contribution is 6.30. The predicted molar refractivity (Wildman–Crippen MR) is 86.7 cm³/mol. The average molecular weight is 320 g/mol. The van der Waals surface area contributed by atoms with E-state index in [4.69, 9.17) is 22.1 Å². The Morgan fingerprint density at radius 1 is 1.09 bits per heavy atom. The van der Waals surface area contributed by atoms with E-state index in [9.17, 15) is 4.79 Å². The molecule has 0 aromatic heterocycles. The quantitative estimate of drug-likeness (QED) is 0.716. The molecule has 2 rings (SSSR count). The second kappa shape index (κ2) is 8.26. The number of benzene rings is 2. The average Bonchev–Trinajstić information content (AvgIpc) is 2.55. The molecule has 0 unspecified atom stereocenters. The Labute approximate surface area is 134 Å². The van der Waals surface area contributed by atoms with Crippen LogP contribution in [-0.2, 0) is 13.1 Å². The zero-order chi connectivity index (χ0) is 15.8. The van der Waals surface area contributed by atoms with Crippen LogP contribution in [0.4, 0.5) is 4.79 Å². The summed E-state index contributed by atoms with van der Waals surface area (Å²) < 4.78 is 5.37. The van der Waals surface area contributed by atoms with E-state index in [2.05, 4.69) is 10.6 Å². The van der Waals surface area contributed by atoms with E-state index < -0.39 is 0 Å². The summed E-state index contributed by atoms with van der Waals surface area (Å²) in [5.74, 6) is 0.639. The minimum absolute atomic E-state index is 0.0797. The Morgan fingerprint density at radius 3 is 2.55 bits per heavy atom. The number of hydrogen-bond donors (Lipinski definition) is 3. The smallest absolute Gasteiger partial charge is 0.317 e. The second-order valence-corrected chi connectivity index (χ2v) is 5.06. The number of rotatable bonds is 6. The maximum Gasteiger partial charge on any atom is 0.317 e. The Balaban J connectivity index is 1.70. The van der Waals surface area contributed by atoms with Crippen molar-refractivity contribution in [3.63, 3.8) is 0 Å². The lowest BCUT2D eigenvalue weighted by Crippen LogP contribution is -2.37. The molecule has 0 heterocycles. The van der Waals surface area contributed by atoms with Gasteiger partial charge in [-0.1, -0.05) is 35.9 Å². The lowest BCUT2D eigenvalue weighted by Gasteiger charge is -2.10. The molecule has 0 atom stereocenters. The lowest BCUT2D eigenvalue weighted by atomic mass is 10.1. The number of carbonyl (C=O) groups excluding carboxylic acids is 1. The highest BCUT2D eigenvalue weighted by Crippen LogP contribution is 2.14. The molecule has 116 valence electrons. The van der Waals surface area contributed by atoms with E-state index in [1.54, 1.807) is 24.3 Å². The number of hydrogen-bond acceptors (Lipinski definition) is 3. The van der Waals surface area contributed by atoms with E-state index >= 15 is 0 Å². The number of carbonyl (C=O) groups is 1. The van der Waals surface area contributed by atoms with Gasteiger partial charge in [-0.3, -0.25) is 0 Å². The van der Waals surface area contributed by atoms with Gasteiger partial charge in [-0.2, -0.15) is 0 Å². The van der Waals surface area contributed by atoms with E-state index in [0.29, 0.717) is 23.9 Å². The molecule has 0 radical (unpaired) electrons. The molecule has 2 aromatic rings. The molecule has 22 heavy (non-hydrogen) atoms. The van der Waals surface area contributed by atoms with E-state index in [0.717, 1.165) is 11.1 Å². The SMILES string of the molecule is NCc1cccc(CNC(=O)NCOc2ccc(Cl)cc2)c1. The Hall–Kier alpha value is -2.24. The third kappa shape index (κ3) is 5.27. The minimum Gasteiger partial charge on any atom is -0.473 e. The third-order valence-corrected chi connectivity index (χ3v) is 3.22. The van der Waals surface area contributed by atoms with Crippen molar-refractivity contribution in [2.45, 2.75) is 13.1 Å². The molecule has 0 saturated carbocycles. The van der Waals surface area contributed by atoms with Crippen LogP contribution in [0.2, 0.25) is 5.02 Å². The van der Waals surface area contributed by atoms with Gasteiger partial charge in [-0.15, -0.1) is 0 Å². The number of halogens is 1. The molecule has 0 bridgehead atoms. The largest absolute Gasteiger partial charge is 0.473 e. The van der Waals surface area contributed by atoms with Crippen LogP contribution in [-0.4, -0.2) is 12.8 Å². The molecular formula is C16H18ClN3O2. The van der Waals surface area contributed by atoms with Crippen molar-refractivity contribution < 1.29 is 9.53 Å². The summed E-state index contributed by atoms with van der Waals surface area (Å²) in [6.07, 6.45) is 0. The Kier molecular flexibility index (Phi) is 6.06. The Morgan fingerprint density at radius 2 is 1.82 bits per heavy atom. The molecule has 0 aliphatic carbocycles. The van der Waals surface area contributed by atoms with Crippen molar-refractivity contribution in [3.8, 4) is 5.75 Å². The van der Waals surface area contributed by atoms with Crippen molar-refractivity contribution in [2.75, 3.05) is 6.73 Å². The van der Waals surface area contributed by atoms with Gasteiger partial charge in [0.1, 0.15) is 5.75 Å². The maximum absolute atomic E-state index is 11.7. The van der Waals surface area contributed by atoms with Crippen LogP contribution in [0.1, 0.15) is 11.1 Å². The summed E-state index contributed by atoms with van der Waals surface area (Å²) >= 11 is 5.77. The molecule has 0 spiro atoms. The van der Waals surface area contributed by atoms with Crippen molar-refractivity contribution in [1.82, 2.24) is 10.6 Å². The fourth-order valence-electron chi connectivity index (χ4n) is 1.83. The first kappa shape index (κ1) is 16.1. The molecule has 0 aliphatic heterocycles.